The van der Waals surface area contributed by atoms with E-state index in [4.69, 9.17) is 16.3 Å². The van der Waals surface area contributed by atoms with Crippen molar-refractivity contribution in [3.63, 3.8) is 0 Å². The first kappa shape index (κ1) is 27.7. The van der Waals surface area contributed by atoms with Crippen molar-refractivity contribution < 1.29 is 22.7 Å². The topological polar surface area (TPSA) is 73.2 Å². The predicted octanol–water partition coefficient (Wildman–Crippen LogP) is 6.75. The highest BCUT2D eigenvalue weighted by molar-refractivity contribution is 8.00. The average Bonchev–Trinajstić information content (AvgIpc) is 2.88. The third kappa shape index (κ3) is 6.03. The lowest BCUT2D eigenvalue weighted by molar-refractivity contribution is -0.137. The maximum atomic E-state index is 13.6. The first-order valence-corrected chi connectivity index (χ1v) is 12.8. The van der Waals surface area contributed by atoms with E-state index in [9.17, 15) is 22.8 Å². The lowest BCUT2D eigenvalue weighted by atomic mass is 10.1. The van der Waals surface area contributed by atoms with E-state index in [2.05, 4.69) is 10.3 Å². The smallest absolute Gasteiger partial charge is 0.383 e. The Morgan fingerprint density at radius 2 is 1.79 bits per heavy atom. The summed E-state index contributed by atoms with van der Waals surface area (Å²) in [7, 11) is 1.52. The van der Waals surface area contributed by atoms with Crippen molar-refractivity contribution in [1.82, 2.24) is 9.55 Å². The zero-order valence-corrected chi connectivity index (χ0v) is 21.9. The maximum absolute atomic E-state index is 13.6. The molecule has 0 spiro atoms. The Balaban J connectivity index is 1.79. The van der Waals surface area contributed by atoms with Gasteiger partial charge < -0.3 is 10.1 Å². The zero-order valence-electron chi connectivity index (χ0n) is 20.3. The van der Waals surface area contributed by atoms with Gasteiger partial charge >= 0.3 is 6.18 Å². The predicted molar refractivity (Wildman–Crippen MR) is 143 cm³/mol. The summed E-state index contributed by atoms with van der Waals surface area (Å²) in [5.74, 6) is -0.629. The number of fused-ring (bicyclic) bond motifs is 1. The first-order valence-electron chi connectivity index (χ1n) is 11.5. The van der Waals surface area contributed by atoms with Crippen LogP contribution in [0.4, 0.5) is 18.9 Å². The van der Waals surface area contributed by atoms with Crippen LogP contribution in [0.1, 0.15) is 29.3 Å². The molecule has 0 aliphatic carbocycles. The molecule has 1 amide bonds. The van der Waals surface area contributed by atoms with E-state index in [0.717, 1.165) is 30.0 Å². The van der Waals surface area contributed by atoms with Crippen LogP contribution in [0, 0.1) is 0 Å². The second-order valence-corrected chi connectivity index (χ2v) is 9.96. The van der Waals surface area contributed by atoms with E-state index in [1.807, 2.05) is 0 Å². The molecule has 0 aliphatic rings. The summed E-state index contributed by atoms with van der Waals surface area (Å²) in [5.41, 5.74) is -0.402. The van der Waals surface area contributed by atoms with Crippen molar-refractivity contribution in [1.29, 1.82) is 0 Å². The van der Waals surface area contributed by atoms with Gasteiger partial charge in [0.15, 0.2) is 5.16 Å². The Morgan fingerprint density at radius 3 is 2.47 bits per heavy atom. The standard InChI is InChI=1S/C27H23ClF3N3O3S/c1-16(15-37-2)34-25(36)19-10-6-7-11-21(19)33-26(34)38-23(17-8-4-3-5-9-17)24(35)32-22-14-18(27(29,30)31)12-13-20(22)28/h3-14,16,23H,15H2,1-2H3,(H,32,35)/t16-,23+/m1/s1. The molecule has 1 heterocycles. The zero-order chi connectivity index (χ0) is 27.4. The molecule has 0 fully saturated rings. The lowest BCUT2D eigenvalue weighted by Crippen LogP contribution is -2.29. The number of hydrogen-bond donors (Lipinski definition) is 1. The van der Waals surface area contributed by atoms with Gasteiger partial charge in [0.1, 0.15) is 5.25 Å². The molecule has 4 rings (SSSR count). The fourth-order valence-corrected chi connectivity index (χ4v) is 5.28. The number of methoxy groups -OCH3 is 1. The normalized spacial score (nSPS) is 13.3. The third-order valence-corrected chi connectivity index (χ3v) is 7.29. The highest BCUT2D eigenvalue weighted by atomic mass is 35.5. The third-order valence-electron chi connectivity index (χ3n) is 5.74. The second kappa shape index (κ2) is 11.6. The number of para-hydroxylation sites is 1. The number of alkyl halides is 3. The highest BCUT2D eigenvalue weighted by Crippen LogP contribution is 2.38. The van der Waals surface area contributed by atoms with Gasteiger partial charge in [-0.1, -0.05) is 65.8 Å². The molecule has 0 aliphatic heterocycles. The van der Waals surface area contributed by atoms with Crippen molar-refractivity contribution in [3.8, 4) is 0 Å². The first-order chi connectivity index (χ1) is 18.1. The molecule has 0 saturated carbocycles. The molecular formula is C27H23ClF3N3O3S. The van der Waals surface area contributed by atoms with E-state index < -0.39 is 28.9 Å². The van der Waals surface area contributed by atoms with Gasteiger partial charge in [0.05, 0.1) is 39.8 Å². The Hall–Kier alpha value is -3.34. The minimum Gasteiger partial charge on any atom is -0.383 e. The van der Waals surface area contributed by atoms with Crippen molar-refractivity contribution in [3.05, 3.63) is 99.3 Å². The summed E-state index contributed by atoms with van der Waals surface area (Å²) in [6.45, 7) is 2.01. The molecule has 0 saturated heterocycles. The van der Waals surface area contributed by atoms with Gasteiger partial charge in [-0.25, -0.2) is 4.98 Å². The number of nitrogens with one attached hydrogen (secondary N) is 1. The number of ether oxygens (including phenoxy) is 1. The van der Waals surface area contributed by atoms with Crippen LogP contribution in [0.5, 0.6) is 0 Å². The highest BCUT2D eigenvalue weighted by Gasteiger charge is 2.32. The number of anilines is 1. The molecule has 198 valence electrons. The van der Waals surface area contributed by atoms with Crippen LogP contribution in [-0.4, -0.2) is 29.2 Å². The molecule has 1 aromatic heterocycles. The molecular weight excluding hydrogens is 539 g/mol. The molecule has 0 bridgehead atoms. The molecule has 0 radical (unpaired) electrons. The monoisotopic (exact) mass is 561 g/mol. The van der Waals surface area contributed by atoms with Crippen molar-refractivity contribution in [2.45, 2.75) is 29.5 Å². The molecule has 38 heavy (non-hydrogen) atoms. The summed E-state index contributed by atoms with van der Waals surface area (Å²) in [5, 5.41) is 2.19. The fourth-order valence-electron chi connectivity index (χ4n) is 3.91. The molecule has 2 atom stereocenters. The van der Waals surface area contributed by atoms with E-state index in [1.165, 1.54) is 11.7 Å². The number of aromatic nitrogens is 2. The summed E-state index contributed by atoms with van der Waals surface area (Å²) >= 11 is 7.14. The van der Waals surface area contributed by atoms with Crippen LogP contribution in [0.15, 0.2) is 82.7 Å². The molecule has 3 aromatic carbocycles. The van der Waals surface area contributed by atoms with Crippen LogP contribution >= 0.6 is 23.4 Å². The number of rotatable bonds is 8. The summed E-state index contributed by atoms with van der Waals surface area (Å²) in [4.78, 5) is 31.7. The molecule has 1 N–H and O–H groups in total. The van der Waals surface area contributed by atoms with Gasteiger partial charge in [0.25, 0.3) is 5.56 Å². The van der Waals surface area contributed by atoms with Gasteiger partial charge in [-0.05, 0) is 42.8 Å². The minimum atomic E-state index is -4.61. The summed E-state index contributed by atoms with van der Waals surface area (Å²) < 4.78 is 46.6. The Bertz CT molecular complexity index is 1510. The molecule has 4 aromatic rings. The van der Waals surface area contributed by atoms with Crippen LogP contribution in [0.3, 0.4) is 0 Å². The minimum absolute atomic E-state index is 0.0439. The molecule has 11 heteroatoms. The van der Waals surface area contributed by atoms with E-state index >= 15 is 0 Å². The number of carbonyl (C=O) groups excluding carboxylic acids is 1. The number of benzene rings is 3. The Labute approximate surface area is 225 Å². The quantitative estimate of drug-likeness (QED) is 0.190. The van der Waals surface area contributed by atoms with E-state index in [0.29, 0.717) is 16.5 Å². The summed E-state index contributed by atoms with van der Waals surface area (Å²) in [6.07, 6.45) is -4.61. The number of carbonyl (C=O) groups is 1. The van der Waals surface area contributed by atoms with Crippen LogP contribution < -0.4 is 10.9 Å². The number of halogens is 4. The van der Waals surface area contributed by atoms with Crippen LogP contribution in [0.25, 0.3) is 10.9 Å². The second-order valence-electron chi connectivity index (χ2n) is 8.48. The van der Waals surface area contributed by atoms with Gasteiger partial charge in [-0.2, -0.15) is 13.2 Å². The fraction of sp³-hybridized carbons (Fsp3) is 0.222. The van der Waals surface area contributed by atoms with Crippen LogP contribution in [0.2, 0.25) is 5.02 Å². The largest absolute Gasteiger partial charge is 0.416 e. The van der Waals surface area contributed by atoms with Crippen molar-refractivity contribution in [2.24, 2.45) is 0 Å². The molecule has 6 nitrogen and oxygen atoms in total. The van der Waals surface area contributed by atoms with Crippen molar-refractivity contribution in [2.75, 3.05) is 19.0 Å². The maximum Gasteiger partial charge on any atom is 0.416 e. The van der Waals surface area contributed by atoms with Crippen molar-refractivity contribution >= 4 is 45.9 Å². The Morgan fingerprint density at radius 1 is 1.11 bits per heavy atom. The van der Waals surface area contributed by atoms with Gasteiger partial charge in [0.2, 0.25) is 5.91 Å². The number of amides is 1. The van der Waals surface area contributed by atoms with Gasteiger partial charge in [-0.15, -0.1) is 0 Å². The van der Waals surface area contributed by atoms with Crippen LogP contribution in [-0.2, 0) is 15.7 Å². The van der Waals surface area contributed by atoms with E-state index in [1.54, 1.807) is 61.5 Å². The van der Waals surface area contributed by atoms with Gasteiger partial charge in [-0.3, -0.25) is 14.2 Å². The SMILES string of the molecule is COC[C@@H](C)n1c(S[C@H](C(=O)Nc2cc(C(F)(F)F)ccc2Cl)c2ccccc2)nc2ccccc2c1=O. The average molecular weight is 562 g/mol. The summed E-state index contributed by atoms with van der Waals surface area (Å²) in [6, 6.07) is 17.9. The van der Waals surface area contributed by atoms with E-state index in [-0.39, 0.29) is 28.0 Å². The number of nitrogens with zero attached hydrogens (tertiary/aromatic N) is 2. The number of thioether (sulfide) groups is 1. The molecule has 0 unspecified atom stereocenters. The Kier molecular flexibility index (Phi) is 8.44. The van der Waals surface area contributed by atoms with Gasteiger partial charge in [0, 0.05) is 7.11 Å². The lowest BCUT2D eigenvalue weighted by Gasteiger charge is -2.22. The number of hydrogen-bond acceptors (Lipinski definition) is 5.